The van der Waals surface area contributed by atoms with Crippen molar-refractivity contribution in [3.63, 3.8) is 0 Å². The molecule has 0 saturated heterocycles. The molecular weight excluding hydrogens is 1580 g/mol. The van der Waals surface area contributed by atoms with Crippen LogP contribution in [0.4, 0.5) is 51.2 Å². The summed E-state index contributed by atoms with van der Waals surface area (Å²) < 4.78 is 15.0. The summed E-state index contributed by atoms with van der Waals surface area (Å²) >= 11 is 0. The Bertz CT molecular complexity index is 7130. The molecule has 0 saturated carbocycles. The Kier molecular flexibility index (Phi) is 23.1. The molecule has 0 bridgehead atoms. The van der Waals surface area contributed by atoms with Crippen molar-refractivity contribution in [3.05, 3.63) is 509 Å². The molecule has 130 heavy (non-hydrogen) atoms. The van der Waals surface area contributed by atoms with E-state index in [1.807, 2.05) is 30.3 Å². The lowest BCUT2D eigenvalue weighted by atomic mass is 9.85. The molecule has 0 aliphatic carbocycles. The molecule has 0 atom stereocenters. The molecule has 0 spiro atoms. The molecule has 0 fully saturated rings. The number of phenolic OH excluding ortho intramolecular Hbond substituents is 1. The van der Waals surface area contributed by atoms with Crippen LogP contribution in [0.3, 0.4) is 0 Å². The van der Waals surface area contributed by atoms with Crippen molar-refractivity contribution in [2.24, 2.45) is 0 Å². The molecule has 622 valence electrons. The van der Waals surface area contributed by atoms with Gasteiger partial charge in [0.05, 0.1) is 28.4 Å². The minimum atomic E-state index is -0.486. The maximum atomic E-state index is 13.3. The van der Waals surface area contributed by atoms with Crippen LogP contribution in [-0.2, 0) is 5.41 Å². The third-order valence-corrected chi connectivity index (χ3v) is 24.1. The Morgan fingerprint density at radius 2 is 0.431 bits per heavy atom. The second-order valence-corrected chi connectivity index (χ2v) is 33.7. The van der Waals surface area contributed by atoms with Crippen molar-refractivity contribution >= 4 is 51.2 Å². The van der Waals surface area contributed by atoms with Crippen molar-refractivity contribution < 1.29 is 14.6 Å². The van der Waals surface area contributed by atoms with Gasteiger partial charge in [-0.3, -0.25) is 0 Å². The summed E-state index contributed by atoms with van der Waals surface area (Å²) in [6.45, 7) is 6.90. The molecule has 20 rings (SSSR count). The Morgan fingerprint density at radius 3 is 0.800 bits per heavy atom. The van der Waals surface area contributed by atoms with Crippen LogP contribution in [-0.4, -0.2) is 5.11 Å². The number of hydrogen-bond donors (Lipinski definition) is 1. The van der Waals surface area contributed by atoms with Gasteiger partial charge >= 0.3 is 0 Å². The Balaban J connectivity index is 0.857. The number of nitrogens with zero attached hydrogens (tertiary/aromatic N) is 3. The van der Waals surface area contributed by atoms with Gasteiger partial charge in [-0.05, 0) is 179 Å². The van der Waals surface area contributed by atoms with Gasteiger partial charge in [0.25, 0.3) is 0 Å². The van der Waals surface area contributed by atoms with Gasteiger partial charge in [0.1, 0.15) is 28.7 Å². The van der Waals surface area contributed by atoms with E-state index in [1.165, 1.54) is 0 Å². The molecule has 0 aliphatic rings. The summed E-state index contributed by atoms with van der Waals surface area (Å²) in [5.74, 6) is 1.91. The molecule has 20 aromatic carbocycles. The van der Waals surface area contributed by atoms with E-state index in [4.69, 9.17) is 9.47 Å². The van der Waals surface area contributed by atoms with Crippen LogP contribution >= 0.6 is 0 Å². The first-order chi connectivity index (χ1) is 64.0. The second-order valence-electron chi connectivity index (χ2n) is 33.7. The van der Waals surface area contributed by atoms with Crippen LogP contribution < -0.4 is 24.2 Å². The highest BCUT2D eigenvalue weighted by atomic mass is 16.5. The van der Waals surface area contributed by atoms with Crippen molar-refractivity contribution in [1.29, 1.82) is 0 Å². The third-order valence-electron chi connectivity index (χ3n) is 24.1. The summed E-state index contributed by atoms with van der Waals surface area (Å²) in [6, 6.07) is 178. The van der Waals surface area contributed by atoms with Crippen LogP contribution in [0.1, 0.15) is 26.3 Å². The number of hydrogen-bond acceptors (Lipinski definition) is 6. The number of phenols is 1. The van der Waals surface area contributed by atoms with Gasteiger partial charge in [0.2, 0.25) is 0 Å². The summed E-state index contributed by atoms with van der Waals surface area (Å²) in [6.07, 6.45) is 0. The number of anilines is 9. The number of rotatable bonds is 24. The molecule has 1 N–H and O–H groups in total. The van der Waals surface area contributed by atoms with Gasteiger partial charge in [-0.2, -0.15) is 0 Å². The van der Waals surface area contributed by atoms with Gasteiger partial charge in [-0.15, -0.1) is 0 Å². The lowest BCUT2D eigenvalue weighted by Gasteiger charge is -2.36. The van der Waals surface area contributed by atoms with Crippen molar-refractivity contribution in [1.82, 2.24) is 0 Å². The smallest absolute Gasteiger partial charge is 0.133 e. The molecule has 0 aliphatic heterocycles. The second kappa shape index (κ2) is 36.8. The fourth-order valence-electron chi connectivity index (χ4n) is 17.8. The Hall–Kier alpha value is -16.8. The zero-order valence-corrected chi connectivity index (χ0v) is 72.5. The molecule has 20 aromatic rings. The van der Waals surface area contributed by atoms with Crippen molar-refractivity contribution in [2.45, 2.75) is 26.2 Å². The molecule has 0 heterocycles. The molecule has 0 aromatic heterocycles. The monoisotopic (exact) mass is 1670 g/mol. The maximum absolute atomic E-state index is 13.3. The minimum Gasteiger partial charge on any atom is -0.508 e. The quantitative estimate of drug-likeness (QED) is 0.0651. The minimum absolute atomic E-state index is 0.0263. The average Bonchev–Trinajstić information content (AvgIpc) is 0.741. The normalized spacial score (nSPS) is 11.2. The predicted molar refractivity (Wildman–Crippen MR) is 544 cm³/mol. The maximum Gasteiger partial charge on any atom is 0.133 e. The summed E-state index contributed by atoms with van der Waals surface area (Å²) in [7, 11) is 0. The highest BCUT2D eigenvalue weighted by Crippen LogP contribution is 2.56. The van der Waals surface area contributed by atoms with E-state index in [-0.39, 0.29) is 5.75 Å². The predicted octanol–water partition coefficient (Wildman–Crippen LogP) is 35.0. The van der Waals surface area contributed by atoms with E-state index in [9.17, 15) is 5.11 Å². The zero-order valence-electron chi connectivity index (χ0n) is 72.5. The largest absolute Gasteiger partial charge is 0.508 e. The molecule has 6 heteroatoms. The lowest BCUT2D eigenvalue weighted by Crippen LogP contribution is -2.19. The van der Waals surface area contributed by atoms with Crippen LogP contribution in [0.2, 0.25) is 0 Å². The van der Waals surface area contributed by atoms with Gasteiger partial charge < -0.3 is 29.3 Å². The third kappa shape index (κ3) is 17.6. The van der Waals surface area contributed by atoms with Crippen LogP contribution in [0.15, 0.2) is 504 Å². The first-order valence-corrected chi connectivity index (χ1v) is 44.3. The van der Waals surface area contributed by atoms with Crippen LogP contribution in [0, 0.1) is 0 Å². The number of aromatic hydroxyl groups is 1. The number of ether oxygens (including phenoxy) is 2. The molecule has 6 nitrogen and oxygen atoms in total. The summed E-state index contributed by atoms with van der Waals surface area (Å²) in [4.78, 5) is 7.21. The van der Waals surface area contributed by atoms with Crippen molar-refractivity contribution in [3.8, 4) is 151 Å². The number of benzene rings is 20. The van der Waals surface area contributed by atoms with E-state index in [1.54, 1.807) is 6.07 Å². The van der Waals surface area contributed by atoms with E-state index < -0.39 is 5.41 Å². The fourth-order valence-corrected chi connectivity index (χ4v) is 17.8. The van der Waals surface area contributed by atoms with Crippen LogP contribution in [0.25, 0.3) is 122 Å². The van der Waals surface area contributed by atoms with Gasteiger partial charge in [-0.1, -0.05) is 409 Å². The molecule has 0 unspecified atom stereocenters. The highest BCUT2D eigenvalue weighted by molar-refractivity contribution is 6.05. The molecular formula is C124H93N3O3. The first-order valence-electron chi connectivity index (χ1n) is 44.3. The van der Waals surface area contributed by atoms with Gasteiger partial charge in [-0.25, -0.2) is 0 Å². The Morgan fingerprint density at radius 1 is 0.169 bits per heavy atom. The standard InChI is InChI=1S/C124H93N3O3/c1-124(2,3)103-78-106(126(105-62-37-61-100(73-105)89-43-19-6-20-44-89)122-117(96-53-29-11-30-54-96)74-101(90-45-21-7-22-46-90)75-118(122)97-55-31-12-32-56-97)80-107(79-103)127(123-119(98-57-33-13-34-58-98)76-102(91-47-23-8-24-48-91)77-120(123)99-59-35-14-36-60-99)108-81-110(128)85-112(82-108)130-114-84-109(83-113(86-114)129-111-71-67-93(68-72-111)88-41-17-5-18-42-88)125(104-69-65-92(66-70-104)87-39-15-4-16-40-87)121-115(94-49-25-9-26-50-94)63-38-64-116(121)95-51-27-10-28-52-95/h4-86,128H,1-3H3. The van der Waals surface area contributed by atoms with E-state index >= 15 is 0 Å². The SMILES string of the molecule is CC(C)(C)c1cc(N(c2cc(O)cc(Oc3cc(Oc4ccc(-c5ccccc5)cc4)cc(N(c4ccc(-c5ccccc5)cc4)c4c(-c5ccccc5)cccc4-c4ccccc4)c3)c2)c2c(-c3ccccc3)cc(-c3ccccc3)cc2-c2ccccc2)cc(N(c2cccc(-c3ccccc3)c2)c2c(-c3ccccc3)cc(-c3ccccc3)cc2-c2ccccc2)c1. The average molecular weight is 1670 g/mol. The Labute approximate surface area is 761 Å². The summed E-state index contributed by atoms with van der Waals surface area (Å²) in [5, 5.41) is 13.3. The zero-order chi connectivity index (χ0) is 87.7. The lowest BCUT2D eigenvalue weighted by molar-refractivity contribution is 0.449. The summed E-state index contributed by atoms with van der Waals surface area (Å²) in [5.41, 5.74) is 31.2. The van der Waals surface area contributed by atoms with Gasteiger partial charge in [0.15, 0.2) is 0 Å². The molecule has 0 amide bonds. The fraction of sp³-hybridized carbons (Fsp3) is 0.0323. The van der Waals surface area contributed by atoms with Gasteiger partial charge in [0, 0.05) is 92.5 Å². The first kappa shape index (κ1) is 81.5. The highest BCUT2D eigenvalue weighted by Gasteiger charge is 2.32. The van der Waals surface area contributed by atoms with E-state index in [2.05, 4.69) is 503 Å². The topological polar surface area (TPSA) is 48.4 Å². The van der Waals surface area contributed by atoms with Crippen molar-refractivity contribution in [2.75, 3.05) is 14.7 Å². The van der Waals surface area contributed by atoms with E-state index in [0.29, 0.717) is 28.7 Å². The van der Waals surface area contributed by atoms with E-state index in [0.717, 1.165) is 173 Å². The molecule has 0 radical (unpaired) electrons. The number of para-hydroxylation sites is 1. The van der Waals surface area contributed by atoms with Crippen LogP contribution in [0.5, 0.6) is 28.7 Å².